The van der Waals surface area contributed by atoms with Crippen LogP contribution in [0.3, 0.4) is 0 Å². The van der Waals surface area contributed by atoms with Gasteiger partial charge in [-0.3, -0.25) is 4.79 Å². The van der Waals surface area contributed by atoms with E-state index in [9.17, 15) is 4.79 Å². The van der Waals surface area contributed by atoms with Crippen molar-refractivity contribution >= 4 is 22.9 Å². The molecule has 2 rings (SSSR count). The van der Waals surface area contributed by atoms with Crippen LogP contribution in [0.5, 0.6) is 0 Å². The van der Waals surface area contributed by atoms with Crippen LogP contribution in [0.2, 0.25) is 0 Å². The molecular formula is C14H17N3OS. The van der Waals surface area contributed by atoms with Crippen LogP contribution in [-0.2, 0) is 4.79 Å². The van der Waals surface area contributed by atoms with Crippen molar-refractivity contribution in [2.24, 2.45) is 11.7 Å². The lowest BCUT2D eigenvalue weighted by Crippen LogP contribution is -2.39. The molecule has 19 heavy (non-hydrogen) atoms. The first kappa shape index (κ1) is 13.7. The summed E-state index contributed by atoms with van der Waals surface area (Å²) in [6, 6.07) is 7.12. The van der Waals surface area contributed by atoms with E-state index in [2.05, 4.69) is 10.3 Å². The van der Waals surface area contributed by atoms with Gasteiger partial charge in [0.25, 0.3) is 0 Å². The second-order valence-corrected chi connectivity index (χ2v) is 5.57. The van der Waals surface area contributed by atoms with Crippen molar-refractivity contribution in [1.82, 2.24) is 4.98 Å². The Morgan fingerprint density at radius 2 is 2.00 bits per heavy atom. The molecule has 0 bridgehead atoms. The van der Waals surface area contributed by atoms with Gasteiger partial charge in [0, 0.05) is 22.8 Å². The first-order valence-corrected chi connectivity index (χ1v) is 7.02. The zero-order chi connectivity index (χ0) is 13.8. The van der Waals surface area contributed by atoms with E-state index in [1.165, 1.54) is 0 Å². The van der Waals surface area contributed by atoms with Crippen molar-refractivity contribution in [2.75, 3.05) is 5.32 Å². The molecule has 3 N–H and O–H groups in total. The number of benzene rings is 1. The minimum Gasteiger partial charge on any atom is -0.325 e. The predicted octanol–water partition coefficient (Wildman–Crippen LogP) is 2.73. The van der Waals surface area contributed by atoms with Gasteiger partial charge in [-0.15, -0.1) is 11.3 Å². The summed E-state index contributed by atoms with van der Waals surface area (Å²) in [6.07, 6.45) is 1.78. The van der Waals surface area contributed by atoms with E-state index < -0.39 is 6.04 Å². The Labute approximate surface area is 116 Å². The monoisotopic (exact) mass is 275 g/mol. The minimum absolute atomic E-state index is 0.120. The number of aromatic nitrogens is 1. The number of anilines is 1. The molecular weight excluding hydrogens is 258 g/mol. The maximum atomic E-state index is 11.8. The smallest absolute Gasteiger partial charge is 0.241 e. The number of amides is 1. The van der Waals surface area contributed by atoms with Gasteiger partial charge in [0.05, 0.1) is 6.04 Å². The highest BCUT2D eigenvalue weighted by Crippen LogP contribution is 2.23. The molecule has 0 saturated carbocycles. The molecule has 0 radical (unpaired) electrons. The standard InChI is InChI=1S/C14H17N3OS/c1-9(2)12(15)13(18)17-11-5-3-10(4-6-11)14-16-7-8-19-14/h3-9,12H,15H2,1-2H3,(H,17,18)/t12-/m0/s1. The van der Waals surface area contributed by atoms with Crippen LogP contribution in [0.4, 0.5) is 5.69 Å². The van der Waals surface area contributed by atoms with Crippen molar-refractivity contribution in [3.05, 3.63) is 35.8 Å². The molecule has 1 amide bonds. The Morgan fingerprint density at radius 3 is 2.53 bits per heavy atom. The third-order valence-electron chi connectivity index (χ3n) is 2.85. The SMILES string of the molecule is CC(C)[C@H](N)C(=O)Nc1ccc(-c2nccs2)cc1. The summed E-state index contributed by atoms with van der Waals surface area (Å²) in [5, 5.41) is 5.72. The predicted molar refractivity (Wildman–Crippen MR) is 79.0 cm³/mol. The summed E-state index contributed by atoms with van der Waals surface area (Å²) in [7, 11) is 0. The topological polar surface area (TPSA) is 68.0 Å². The van der Waals surface area contributed by atoms with E-state index in [1.807, 2.05) is 43.5 Å². The number of rotatable bonds is 4. The van der Waals surface area contributed by atoms with E-state index in [0.717, 1.165) is 16.3 Å². The Morgan fingerprint density at radius 1 is 1.32 bits per heavy atom. The number of nitrogens with zero attached hydrogens (tertiary/aromatic N) is 1. The Kier molecular flexibility index (Phi) is 4.29. The van der Waals surface area contributed by atoms with E-state index in [0.29, 0.717) is 0 Å². The van der Waals surface area contributed by atoms with Crippen molar-refractivity contribution in [3.8, 4) is 10.6 Å². The largest absolute Gasteiger partial charge is 0.325 e. The van der Waals surface area contributed by atoms with Crippen molar-refractivity contribution < 1.29 is 4.79 Å². The van der Waals surface area contributed by atoms with Crippen LogP contribution in [0.25, 0.3) is 10.6 Å². The van der Waals surface area contributed by atoms with Crippen LogP contribution in [-0.4, -0.2) is 16.9 Å². The number of nitrogens with two attached hydrogens (primary N) is 1. The lowest BCUT2D eigenvalue weighted by Gasteiger charge is -2.15. The van der Waals surface area contributed by atoms with Crippen LogP contribution in [0, 0.1) is 5.92 Å². The summed E-state index contributed by atoms with van der Waals surface area (Å²) in [5.74, 6) is -0.0356. The Balaban J connectivity index is 2.05. The molecule has 100 valence electrons. The average molecular weight is 275 g/mol. The highest BCUT2D eigenvalue weighted by Gasteiger charge is 2.17. The molecule has 4 nitrogen and oxygen atoms in total. The fourth-order valence-corrected chi connectivity index (χ4v) is 2.23. The molecule has 0 unspecified atom stereocenters. The third kappa shape index (κ3) is 3.39. The van der Waals surface area contributed by atoms with E-state index >= 15 is 0 Å². The molecule has 2 aromatic rings. The van der Waals surface area contributed by atoms with Crippen LogP contribution >= 0.6 is 11.3 Å². The summed E-state index contributed by atoms with van der Waals surface area (Å²) in [6.45, 7) is 3.85. The minimum atomic E-state index is -0.487. The summed E-state index contributed by atoms with van der Waals surface area (Å²) < 4.78 is 0. The number of hydrogen-bond acceptors (Lipinski definition) is 4. The molecule has 1 aromatic carbocycles. The van der Waals surface area contributed by atoms with Gasteiger partial charge in [0.15, 0.2) is 0 Å². The molecule has 1 atom stereocenters. The number of nitrogens with one attached hydrogen (secondary N) is 1. The maximum absolute atomic E-state index is 11.8. The molecule has 0 spiro atoms. The normalized spacial score (nSPS) is 12.4. The van der Waals surface area contributed by atoms with Crippen molar-refractivity contribution in [2.45, 2.75) is 19.9 Å². The number of hydrogen-bond donors (Lipinski definition) is 2. The van der Waals surface area contributed by atoms with Gasteiger partial charge in [-0.25, -0.2) is 4.98 Å². The Bertz CT molecular complexity index is 534. The van der Waals surface area contributed by atoms with Gasteiger partial charge in [-0.05, 0) is 30.2 Å². The van der Waals surface area contributed by atoms with E-state index in [1.54, 1.807) is 17.5 Å². The molecule has 0 fully saturated rings. The first-order valence-electron chi connectivity index (χ1n) is 6.14. The summed E-state index contributed by atoms with van der Waals surface area (Å²) in [5.41, 5.74) is 7.59. The second kappa shape index (κ2) is 5.95. The van der Waals surface area contributed by atoms with E-state index in [-0.39, 0.29) is 11.8 Å². The maximum Gasteiger partial charge on any atom is 0.241 e. The molecule has 5 heteroatoms. The third-order valence-corrected chi connectivity index (χ3v) is 3.67. The number of carbonyl (C=O) groups is 1. The van der Waals surface area contributed by atoms with E-state index in [4.69, 9.17) is 5.73 Å². The average Bonchev–Trinajstić information content (AvgIpc) is 2.92. The quantitative estimate of drug-likeness (QED) is 0.901. The number of thiazole rings is 1. The fraction of sp³-hybridized carbons (Fsp3) is 0.286. The lowest BCUT2D eigenvalue weighted by molar-refractivity contribution is -0.118. The highest BCUT2D eigenvalue weighted by atomic mass is 32.1. The van der Waals surface area contributed by atoms with Crippen LogP contribution in [0.15, 0.2) is 35.8 Å². The fourth-order valence-electron chi connectivity index (χ4n) is 1.59. The molecule has 1 heterocycles. The van der Waals surface area contributed by atoms with Gasteiger partial charge < -0.3 is 11.1 Å². The summed E-state index contributed by atoms with van der Waals surface area (Å²) >= 11 is 1.59. The van der Waals surface area contributed by atoms with Crippen molar-refractivity contribution in [3.63, 3.8) is 0 Å². The van der Waals surface area contributed by atoms with Crippen LogP contribution in [0.1, 0.15) is 13.8 Å². The van der Waals surface area contributed by atoms with Crippen molar-refractivity contribution in [1.29, 1.82) is 0 Å². The van der Waals surface area contributed by atoms with Gasteiger partial charge in [0.2, 0.25) is 5.91 Å². The van der Waals surface area contributed by atoms with Gasteiger partial charge >= 0.3 is 0 Å². The first-order chi connectivity index (χ1) is 9.08. The molecule has 0 aliphatic heterocycles. The molecule has 1 aromatic heterocycles. The molecule has 0 aliphatic carbocycles. The van der Waals surface area contributed by atoms with Gasteiger partial charge in [-0.2, -0.15) is 0 Å². The van der Waals surface area contributed by atoms with Gasteiger partial charge in [0.1, 0.15) is 5.01 Å². The number of carbonyl (C=O) groups excluding carboxylic acids is 1. The highest BCUT2D eigenvalue weighted by molar-refractivity contribution is 7.13. The zero-order valence-electron chi connectivity index (χ0n) is 11.0. The Hall–Kier alpha value is -1.72. The van der Waals surface area contributed by atoms with Gasteiger partial charge in [-0.1, -0.05) is 13.8 Å². The molecule has 0 saturated heterocycles. The summed E-state index contributed by atoms with van der Waals surface area (Å²) in [4.78, 5) is 16.1. The lowest BCUT2D eigenvalue weighted by atomic mass is 10.0. The molecule has 0 aliphatic rings. The van der Waals surface area contributed by atoms with Crippen LogP contribution < -0.4 is 11.1 Å². The zero-order valence-corrected chi connectivity index (χ0v) is 11.8. The second-order valence-electron chi connectivity index (χ2n) is 4.67.